The predicted molar refractivity (Wildman–Crippen MR) is 189 cm³/mol. The number of nitrogens with one attached hydrogen (secondary N) is 2. The summed E-state index contributed by atoms with van der Waals surface area (Å²) < 4.78 is 18.4. The van der Waals surface area contributed by atoms with Gasteiger partial charge < -0.3 is 24.6 Å². The molecule has 6 aromatic rings. The Morgan fingerprint density at radius 2 is 1.45 bits per heavy atom. The Labute approximate surface area is 282 Å². The number of pyridine rings is 1. The van der Waals surface area contributed by atoms with Crippen LogP contribution in [-0.2, 0) is 10.3 Å². The summed E-state index contributed by atoms with van der Waals surface area (Å²) in [5.74, 6) is 1.14. The van der Waals surface area contributed by atoms with Gasteiger partial charge in [-0.05, 0) is 87.4 Å². The highest BCUT2D eigenvalue weighted by molar-refractivity contribution is 9.10. The Bertz CT molecular complexity index is 1940. The number of halogens is 1. The van der Waals surface area contributed by atoms with Gasteiger partial charge in [0.05, 0.1) is 24.4 Å². The third kappa shape index (κ3) is 6.48. The van der Waals surface area contributed by atoms with Crippen LogP contribution in [0.5, 0.6) is 11.5 Å². The van der Waals surface area contributed by atoms with Crippen molar-refractivity contribution in [2.75, 3.05) is 20.8 Å². The van der Waals surface area contributed by atoms with Crippen molar-refractivity contribution in [2.24, 2.45) is 0 Å². The number of aromatic nitrogens is 2. The molecule has 47 heavy (non-hydrogen) atoms. The number of carbonyl (C=O) groups is 1. The minimum absolute atomic E-state index is 0.00699. The van der Waals surface area contributed by atoms with Crippen molar-refractivity contribution in [2.45, 2.75) is 18.4 Å². The quantitative estimate of drug-likeness (QED) is 0.0547. The van der Waals surface area contributed by atoms with Gasteiger partial charge >= 0.3 is 0 Å². The number of rotatable bonds is 13. The summed E-state index contributed by atoms with van der Waals surface area (Å²) in [5.41, 5.74) is 4.99. The summed E-state index contributed by atoms with van der Waals surface area (Å²) in [4.78, 5) is 21.0. The third-order valence-electron chi connectivity index (χ3n) is 8.29. The van der Waals surface area contributed by atoms with Crippen LogP contribution in [-0.4, -0.2) is 42.3 Å². The van der Waals surface area contributed by atoms with Gasteiger partial charge in [0.1, 0.15) is 22.8 Å². The number of fused-ring (bicyclic) bond motifs is 1. The van der Waals surface area contributed by atoms with Crippen LogP contribution in [0.15, 0.2) is 126 Å². The zero-order valence-corrected chi connectivity index (χ0v) is 27.7. The van der Waals surface area contributed by atoms with Gasteiger partial charge in [0, 0.05) is 35.5 Å². The molecule has 2 N–H and O–H groups in total. The average Bonchev–Trinajstić information content (AvgIpc) is 3.47. The standard InChI is InChI=1S/C39H34BrN3O4/c1-45-31-17-13-29(14-18-31)39(28-9-4-3-5-10-28,30-15-19-32(46-2)20-16-30)47-23-7-11-34(41)38(44)37-36(40)33-21-12-26(24-35(33)43-37)27-8-6-22-42-25-27/h3-6,8-10,12-22,24-25,41,43H,7,11,23H2,1-2H3. The molecule has 4 aromatic carbocycles. The first-order valence-electron chi connectivity index (χ1n) is 15.3. The normalized spacial score (nSPS) is 11.4. The first-order valence-corrected chi connectivity index (χ1v) is 16.1. The van der Waals surface area contributed by atoms with E-state index in [2.05, 4.69) is 25.9 Å². The minimum atomic E-state index is -0.960. The predicted octanol–water partition coefficient (Wildman–Crippen LogP) is 9.00. The molecule has 0 atom stereocenters. The lowest BCUT2D eigenvalue weighted by Crippen LogP contribution is -2.33. The lowest BCUT2D eigenvalue weighted by Gasteiger charge is -2.36. The van der Waals surface area contributed by atoms with Crippen LogP contribution in [0, 0.1) is 5.41 Å². The molecule has 0 fully saturated rings. The van der Waals surface area contributed by atoms with E-state index in [1.165, 1.54) is 0 Å². The first-order chi connectivity index (χ1) is 22.9. The number of hydrogen-bond acceptors (Lipinski definition) is 6. The van der Waals surface area contributed by atoms with E-state index < -0.39 is 5.60 Å². The molecule has 0 aliphatic heterocycles. The fourth-order valence-electron chi connectivity index (χ4n) is 5.85. The van der Waals surface area contributed by atoms with Gasteiger partial charge in [-0.25, -0.2) is 0 Å². The zero-order valence-electron chi connectivity index (χ0n) is 26.1. The van der Waals surface area contributed by atoms with E-state index in [1.807, 2.05) is 109 Å². The van der Waals surface area contributed by atoms with Gasteiger partial charge in [-0.2, -0.15) is 0 Å². The van der Waals surface area contributed by atoms with Crippen LogP contribution in [0.25, 0.3) is 22.0 Å². The Balaban J connectivity index is 1.23. The van der Waals surface area contributed by atoms with Crippen molar-refractivity contribution in [1.82, 2.24) is 9.97 Å². The average molecular weight is 689 g/mol. The SMILES string of the molecule is COc1ccc(C(OCCCC(=N)C(=O)c2[nH]c3cc(-c4cccnc4)ccc3c2Br)(c2ccccc2)c2ccc(OC)cc2)cc1. The lowest BCUT2D eigenvalue weighted by atomic mass is 9.80. The molecular weight excluding hydrogens is 654 g/mol. The van der Waals surface area contributed by atoms with E-state index in [9.17, 15) is 4.79 Å². The smallest absolute Gasteiger partial charge is 0.223 e. The maximum Gasteiger partial charge on any atom is 0.223 e. The van der Waals surface area contributed by atoms with E-state index in [4.69, 9.17) is 19.6 Å². The van der Waals surface area contributed by atoms with Crippen molar-refractivity contribution >= 4 is 38.3 Å². The number of Topliss-reactive ketones (excluding diaryl/α,β-unsaturated/α-hetero) is 1. The van der Waals surface area contributed by atoms with Crippen LogP contribution in [0.4, 0.5) is 0 Å². The first kappa shape index (κ1) is 31.9. The number of carbonyl (C=O) groups excluding carboxylic acids is 1. The topological polar surface area (TPSA) is 97.3 Å². The van der Waals surface area contributed by atoms with Gasteiger partial charge in [0.15, 0.2) is 0 Å². The number of nitrogens with zero attached hydrogens (tertiary/aromatic N) is 1. The lowest BCUT2D eigenvalue weighted by molar-refractivity contribution is 0.0122. The zero-order chi connectivity index (χ0) is 32.8. The third-order valence-corrected chi connectivity index (χ3v) is 9.12. The molecule has 6 rings (SSSR count). The number of aromatic amines is 1. The van der Waals surface area contributed by atoms with E-state index in [0.29, 0.717) is 23.2 Å². The molecule has 0 aliphatic rings. The summed E-state index contributed by atoms with van der Waals surface area (Å²) in [6, 6.07) is 35.6. The van der Waals surface area contributed by atoms with Crippen LogP contribution in [0.1, 0.15) is 40.0 Å². The van der Waals surface area contributed by atoms with Crippen molar-refractivity contribution < 1.29 is 19.0 Å². The number of methoxy groups -OCH3 is 2. The number of hydrogen-bond donors (Lipinski definition) is 2. The Morgan fingerprint density at radius 3 is 2.04 bits per heavy atom. The van der Waals surface area contributed by atoms with Crippen LogP contribution in [0.2, 0.25) is 0 Å². The number of H-pyrrole nitrogens is 1. The molecule has 2 aromatic heterocycles. The summed E-state index contributed by atoms with van der Waals surface area (Å²) >= 11 is 3.60. The maximum atomic E-state index is 13.5. The molecule has 2 heterocycles. The molecule has 0 radical (unpaired) electrons. The Kier molecular flexibility index (Phi) is 9.61. The second kappa shape index (κ2) is 14.2. The number of ether oxygens (including phenoxy) is 3. The van der Waals surface area contributed by atoms with E-state index in [1.54, 1.807) is 26.6 Å². The summed E-state index contributed by atoms with van der Waals surface area (Å²) in [6.45, 7) is 0.297. The van der Waals surface area contributed by atoms with Crippen molar-refractivity contribution in [1.29, 1.82) is 5.41 Å². The minimum Gasteiger partial charge on any atom is -0.497 e. The molecule has 0 amide bonds. The summed E-state index contributed by atoms with van der Waals surface area (Å²) in [5, 5.41) is 9.59. The molecule has 0 saturated carbocycles. The fourth-order valence-corrected chi connectivity index (χ4v) is 6.47. The van der Waals surface area contributed by atoms with Gasteiger partial charge in [-0.1, -0.05) is 72.8 Å². The fraction of sp³-hybridized carbons (Fsp3) is 0.154. The molecule has 236 valence electrons. The van der Waals surface area contributed by atoms with Gasteiger partial charge in [0.25, 0.3) is 0 Å². The highest BCUT2D eigenvalue weighted by Gasteiger charge is 2.37. The van der Waals surface area contributed by atoms with Gasteiger partial charge in [-0.3, -0.25) is 9.78 Å². The van der Waals surface area contributed by atoms with Crippen molar-refractivity contribution in [3.8, 4) is 22.6 Å². The number of benzene rings is 4. The Hall–Kier alpha value is -5.05. The van der Waals surface area contributed by atoms with Crippen LogP contribution in [0.3, 0.4) is 0 Å². The highest BCUT2D eigenvalue weighted by atomic mass is 79.9. The van der Waals surface area contributed by atoms with Crippen molar-refractivity contribution in [3.63, 3.8) is 0 Å². The second-order valence-electron chi connectivity index (χ2n) is 11.1. The molecule has 0 unspecified atom stereocenters. The molecule has 0 saturated heterocycles. The second-order valence-corrected chi connectivity index (χ2v) is 11.9. The molecular formula is C39H34BrN3O4. The van der Waals surface area contributed by atoms with Crippen LogP contribution >= 0.6 is 15.9 Å². The molecule has 0 spiro atoms. The Morgan fingerprint density at radius 1 is 0.809 bits per heavy atom. The molecule has 0 bridgehead atoms. The highest BCUT2D eigenvalue weighted by Crippen LogP contribution is 2.42. The van der Waals surface area contributed by atoms with Gasteiger partial charge in [0.2, 0.25) is 5.78 Å². The summed E-state index contributed by atoms with van der Waals surface area (Å²) in [6.07, 6.45) is 4.26. The molecule has 8 heteroatoms. The van der Waals surface area contributed by atoms with E-state index >= 15 is 0 Å². The van der Waals surface area contributed by atoms with Crippen molar-refractivity contribution in [3.05, 3.63) is 148 Å². The van der Waals surface area contributed by atoms with E-state index in [-0.39, 0.29) is 17.9 Å². The largest absolute Gasteiger partial charge is 0.497 e. The number of ketones is 1. The maximum absolute atomic E-state index is 13.5. The molecule has 7 nitrogen and oxygen atoms in total. The summed E-state index contributed by atoms with van der Waals surface area (Å²) in [7, 11) is 3.29. The monoisotopic (exact) mass is 687 g/mol. The molecule has 0 aliphatic carbocycles. The van der Waals surface area contributed by atoms with Crippen LogP contribution < -0.4 is 9.47 Å². The van der Waals surface area contributed by atoms with E-state index in [0.717, 1.165) is 50.2 Å². The van der Waals surface area contributed by atoms with Gasteiger partial charge in [-0.15, -0.1) is 0 Å².